The highest BCUT2D eigenvalue weighted by atomic mass is 32.1. The lowest BCUT2D eigenvalue weighted by Gasteiger charge is -2.51. The van der Waals surface area contributed by atoms with E-state index in [1.807, 2.05) is 22.7 Å². The summed E-state index contributed by atoms with van der Waals surface area (Å²) in [5, 5.41) is 5.37. The lowest BCUT2D eigenvalue weighted by atomic mass is 9.33. The van der Waals surface area contributed by atoms with Gasteiger partial charge in [-0.15, -0.1) is 22.7 Å². The van der Waals surface area contributed by atoms with Crippen molar-refractivity contribution in [3.8, 4) is 0 Å². The van der Waals surface area contributed by atoms with Gasteiger partial charge in [0.1, 0.15) is 0 Å². The summed E-state index contributed by atoms with van der Waals surface area (Å²) in [7, 11) is 0. The molecule has 0 bridgehead atoms. The van der Waals surface area contributed by atoms with Crippen LogP contribution in [-0.2, 0) is 27.1 Å². The molecule has 0 saturated heterocycles. The molecule has 8 aromatic carbocycles. The molecule has 3 aliphatic heterocycles. The predicted octanol–water partition coefficient (Wildman–Crippen LogP) is 19.3. The largest absolute Gasteiger partial charge is 0.334 e. The van der Waals surface area contributed by atoms with Gasteiger partial charge in [-0.3, -0.25) is 0 Å². The fraction of sp³-hybridized carbons (Fsp3) is 0.342. The Bertz CT molecular complexity index is 4320. The molecular formula is C73H72BN3S2. The van der Waals surface area contributed by atoms with Crippen LogP contribution in [-0.4, -0.2) is 12.3 Å². The van der Waals surface area contributed by atoms with Gasteiger partial charge in [-0.25, -0.2) is 0 Å². The number of aryl methyl sites for hydroxylation is 1. The summed E-state index contributed by atoms with van der Waals surface area (Å²) in [6, 6.07) is 56.2. The number of rotatable bonds is 3. The van der Waals surface area contributed by atoms with Gasteiger partial charge in [-0.05, 0) is 178 Å². The monoisotopic (exact) mass is 1070 g/mol. The Morgan fingerprint density at radius 2 is 0.987 bits per heavy atom. The van der Waals surface area contributed by atoms with Crippen molar-refractivity contribution in [1.29, 1.82) is 0 Å². The summed E-state index contributed by atoms with van der Waals surface area (Å²) >= 11 is 3.93. The molecular weight excluding hydrogens is 994 g/mol. The second-order valence-corrected chi connectivity index (χ2v) is 30.2. The molecule has 6 heteroatoms. The van der Waals surface area contributed by atoms with Gasteiger partial charge >= 0.3 is 0 Å². The maximum absolute atomic E-state index is 2.86. The average molecular weight is 1070 g/mol. The Morgan fingerprint density at radius 1 is 0.418 bits per heavy atom. The van der Waals surface area contributed by atoms with Gasteiger partial charge in [0.2, 0.25) is 0 Å². The molecule has 0 amide bonds. The number of thiophene rings is 2. The predicted molar refractivity (Wildman–Crippen MR) is 344 cm³/mol. The van der Waals surface area contributed by atoms with Gasteiger partial charge in [-0.2, -0.15) is 0 Å². The molecule has 5 heterocycles. The van der Waals surface area contributed by atoms with Crippen molar-refractivity contribution < 1.29 is 0 Å². The van der Waals surface area contributed by atoms with Crippen molar-refractivity contribution >= 4 is 132 Å². The van der Waals surface area contributed by atoms with E-state index >= 15 is 0 Å². The van der Waals surface area contributed by atoms with E-state index in [-0.39, 0.29) is 39.3 Å². The molecule has 3 aliphatic carbocycles. The molecule has 1 fully saturated rings. The number of benzene rings is 8. The van der Waals surface area contributed by atoms with Gasteiger partial charge in [0.05, 0.1) is 21.6 Å². The van der Waals surface area contributed by atoms with Crippen LogP contribution in [0.2, 0.25) is 0 Å². The third-order valence-corrected chi connectivity index (χ3v) is 24.2. The van der Waals surface area contributed by atoms with Crippen molar-refractivity contribution in [2.45, 2.75) is 160 Å². The highest BCUT2D eigenvalue weighted by Gasteiger charge is 2.58. The van der Waals surface area contributed by atoms with Crippen LogP contribution in [0.5, 0.6) is 0 Å². The molecule has 0 N–H and O–H groups in total. The highest BCUT2D eigenvalue weighted by molar-refractivity contribution is 7.27. The van der Waals surface area contributed by atoms with E-state index in [4.69, 9.17) is 0 Å². The standard InChI is InChI=1S/C73H72BN3S2/c1-43-37-49-51(70(6,7)35-33-68(49,2)3)41-57(43)76-60-39-44(77-55-24-15-14-23-48(55)72(10)31-18-19-32-73(72,77)11)38-59-65(60)74(53-30-29-46-45-21-12-16-26-61(45)79-67(46)66(53)76)54-40-50-52(71(8,9)36-34-69(50,4)5)42-58(54)75(59)56-25-20-28-63-64(56)47-22-13-17-27-62(47)78-63/h12-17,20-30,37-42H,18-19,31-36H2,1-11H3. The lowest BCUT2D eigenvalue weighted by Crippen LogP contribution is -2.62. The first kappa shape index (κ1) is 48.6. The number of anilines is 8. The Labute approximate surface area is 476 Å². The third kappa shape index (κ3) is 6.37. The molecule has 2 unspecified atom stereocenters. The van der Waals surface area contributed by atoms with Crippen molar-refractivity contribution in [3.05, 3.63) is 173 Å². The highest BCUT2D eigenvalue weighted by Crippen LogP contribution is 2.63. The minimum atomic E-state index is -0.140. The minimum Gasteiger partial charge on any atom is -0.334 e. The Morgan fingerprint density at radius 3 is 1.71 bits per heavy atom. The SMILES string of the molecule is Cc1cc2c(cc1N1c3cc(N4c5ccccc5C5(C)CCCCC45C)cc4c3B(c3cc5c(cc3N4c3cccc4sc6ccccc6c34)C(C)(C)CCC5(C)C)c3ccc4c(sc5ccccc54)c31)C(C)(C)CCC2(C)C. The normalized spacial score (nSPS) is 22.6. The molecule has 6 aliphatic rings. The first-order chi connectivity index (χ1) is 37.8. The fourth-order valence-corrected chi connectivity index (χ4v) is 19.3. The Kier molecular flexibility index (Phi) is 9.82. The summed E-state index contributed by atoms with van der Waals surface area (Å²) in [6.45, 7) is 27.7. The lowest BCUT2D eigenvalue weighted by molar-refractivity contribution is 0.195. The van der Waals surface area contributed by atoms with Crippen molar-refractivity contribution in [2.24, 2.45) is 0 Å². The molecule has 394 valence electrons. The van der Waals surface area contributed by atoms with Gasteiger partial charge in [0, 0.05) is 75.2 Å². The molecule has 0 radical (unpaired) electrons. The van der Waals surface area contributed by atoms with Crippen LogP contribution in [0.3, 0.4) is 0 Å². The number of hydrogen-bond donors (Lipinski definition) is 0. The average Bonchev–Trinajstić information content (AvgIpc) is 3.56. The van der Waals surface area contributed by atoms with Gasteiger partial charge < -0.3 is 14.7 Å². The smallest absolute Gasteiger partial charge is 0.252 e. The number of nitrogens with zero attached hydrogens (tertiary/aromatic N) is 3. The number of fused-ring (bicyclic) bond motifs is 16. The summed E-state index contributed by atoms with van der Waals surface area (Å²) in [6.07, 6.45) is 9.48. The first-order valence-corrected chi connectivity index (χ1v) is 31.3. The topological polar surface area (TPSA) is 9.72 Å². The van der Waals surface area contributed by atoms with Crippen LogP contribution in [0.1, 0.15) is 154 Å². The molecule has 79 heavy (non-hydrogen) atoms. The molecule has 3 nitrogen and oxygen atoms in total. The number of hydrogen-bond acceptors (Lipinski definition) is 5. The quantitative estimate of drug-likeness (QED) is 0.163. The Hall–Kier alpha value is -6.34. The van der Waals surface area contributed by atoms with E-state index in [9.17, 15) is 0 Å². The van der Waals surface area contributed by atoms with Crippen molar-refractivity contribution in [3.63, 3.8) is 0 Å². The molecule has 16 rings (SSSR count). The summed E-state index contributed by atoms with van der Waals surface area (Å²) in [5.41, 5.74) is 23.6. The van der Waals surface area contributed by atoms with Crippen LogP contribution in [0.25, 0.3) is 40.3 Å². The van der Waals surface area contributed by atoms with Gasteiger partial charge in [0.15, 0.2) is 0 Å². The molecule has 1 saturated carbocycles. The van der Waals surface area contributed by atoms with Gasteiger partial charge in [0.25, 0.3) is 6.71 Å². The second kappa shape index (κ2) is 16.0. The van der Waals surface area contributed by atoms with Crippen LogP contribution >= 0.6 is 22.7 Å². The molecule has 10 aromatic rings. The fourth-order valence-electron chi connectivity index (χ4n) is 16.9. The van der Waals surface area contributed by atoms with Crippen LogP contribution in [0.15, 0.2) is 140 Å². The van der Waals surface area contributed by atoms with E-state index in [1.165, 1.54) is 161 Å². The van der Waals surface area contributed by atoms with Crippen LogP contribution in [0.4, 0.5) is 45.5 Å². The van der Waals surface area contributed by atoms with Crippen LogP contribution in [0, 0.1) is 6.92 Å². The second-order valence-electron chi connectivity index (χ2n) is 28.1. The zero-order valence-electron chi connectivity index (χ0n) is 48.2. The Balaban J connectivity index is 1.10. The maximum Gasteiger partial charge on any atom is 0.252 e. The zero-order chi connectivity index (χ0) is 54.1. The summed E-state index contributed by atoms with van der Waals surface area (Å²) < 4.78 is 5.40. The zero-order valence-corrected chi connectivity index (χ0v) is 49.8. The molecule has 0 spiro atoms. The van der Waals surface area contributed by atoms with Gasteiger partial charge in [-0.1, -0.05) is 160 Å². The van der Waals surface area contributed by atoms with Crippen molar-refractivity contribution in [1.82, 2.24) is 0 Å². The van der Waals surface area contributed by atoms with Crippen LogP contribution < -0.4 is 31.1 Å². The van der Waals surface area contributed by atoms with Crippen molar-refractivity contribution in [2.75, 3.05) is 14.7 Å². The third-order valence-electron chi connectivity index (χ3n) is 21.8. The van der Waals surface area contributed by atoms with E-state index in [1.54, 1.807) is 0 Å². The summed E-state index contributed by atoms with van der Waals surface area (Å²) in [4.78, 5) is 8.49. The maximum atomic E-state index is 2.86. The van der Waals surface area contributed by atoms with E-state index in [0.717, 1.165) is 25.7 Å². The molecule has 2 aromatic heterocycles. The summed E-state index contributed by atoms with van der Waals surface area (Å²) in [5.74, 6) is 0. The first-order valence-electron chi connectivity index (χ1n) is 29.7. The van der Waals surface area contributed by atoms with E-state index in [0.29, 0.717) is 0 Å². The minimum absolute atomic E-state index is 0.00850. The molecule has 2 atom stereocenters. The number of para-hydroxylation sites is 1. The van der Waals surface area contributed by atoms with E-state index in [2.05, 4.69) is 230 Å². The van der Waals surface area contributed by atoms with E-state index < -0.39 is 0 Å².